The van der Waals surface area contributed by atoms with Crippen LogP contribution in [0, 0.1) is 5.92 Å². The molecule has 0 radical (unpaired) electrons. The van der Waals surface area contributed by atoms with E-state index in [2.05, 4.69) is 5.32 Å². The smallest absolute Gasteiger partial charge is 0.326 e. The van der Waals surface area contributed by atoms with Gasteiger partial charge in [-0.3, -0.25) is 14.5 Å². The molecule has 2 N–H and O–H groups in total. The first-order valence-corrected chi connectivity index (χ1v) is 10.9. The van der Waals surface area contributed by atoms with Crippen LogP contribution in [0.5, 0.6) is 11.5 Å². The number of hydrogen-bond acceptors (Lipinski definition) is 7. The molecule has 0 saturated carbocycles. The van der Waals surface area contributed by atoms with Gasteiger partial charge in [0.2, 0.25) is 5.91 Å². The van der Waals surface area contributed by atoms with E-state index in [1.165, 1.54) is 12.0 Å². The molecular weight excluding hydrogens is 440 g/mol. The van der Waals surface area contributed by atoms with E-state index in [0.717, 1.165) is 17.3 Å². The highest BCUT2D eigenvalue weighted by Crippen LogP contribution is 2.34. The maximum atomic E-state index is 12.8. The van der Waals surface area contributed by atoms with Crippen LogP contribution in [-0.4, -0.2) is 58.9 Å². The fraction of sp³-hybridized carbons (Fsp3) is 0.429. The second-order valence-electron chi connectivity index (χ2n) is 6.97. The van der Waals surface area contributed by atoms with Crippen molar-refractivity contribution in [3.05, 3.63) is 28.7 Å². The van der Waals surface area contributed by atoms with E-state index in [4.69, 9.17) is 21.7 Å². The molecule has 10 heteroatoms. The van der Waals surface area contributed by atoms with Gasteiger partial charge < -0.3 is 19.9 Å². The van der Waals surface area contributed by atoms with E-state index in [1.54, 1.807) is 38.3 Å². The van der Waals surface area contributed by atoms with Gasteiger partial charge in [0.25, 0.3) is 5.91 Å². The van der Waals surface area contributed by atoms with E-state index in [-0.39, 0.29) is 24.8 Å². The maximum absolute atomic E-state index is 12.8. The summed E-state index contributed by atoms with van der Waals surface area (Å²) >= 11 is 6.45. The van der Waals surface area contributed by atoms with Crippen LogP contribution in [0.15, 0.2) is 23.1 Å². The summed E-state index contributed by atoms with van der Waals surface area (Å²) in [6, 6.07) is 4.32. The number of carboxylic acids is 1. The largest absolute Gasteiger partial charge is 0.493 e. The third-order valence-corrected chi connectivity index (χ3v) is 6.31. The number of carbonyl (C=O) groups is 3. The van der Waals surface area contributed by atoms with Crippen LogP contribution in [0.25, 0.3) is 6.08 Å². The highest BCUT2D eigenvalue weighted by Gasteiger charge is 2.33. The molecule has 1 aliphatic heterocycles. The van der Waals surface area contributed by atoms with Gasteiger partial charge in [-0.05, 0) is 29.7 Å². The molecule has 168 valence electrons. The second kappa shape index (κ2) is 11.1. The zero-order chi connectivity index (χ0) is 23.1. The number of ether oxygens (including phenoxy) is 2. The first kappa shape index (κ1) is 24.7. The molecule has 1 aliphatic rings. The van der Waals surface area contributed by atoms with E-state index in [9.17, 15) is 19.5 Å². The third-order valence-electron chi connectivity index (χ3n) is 4.94. The van der Waals surface area contributed by atoms with Crippen LogP contribution >= 0.6 is 24.0 Å². The average Bonchev–Trinajstić information content (AvgIpc) is 3.01. The van der Waals surface area contributed by atoms with Crippen LogP contribution in [-0.2, 0) is 14.4 Å². The van der Waals surface area contributed by atoms with Crippen molar-refractivity contribution >= 4 is 52.2 Å². The summed E-state index contributed by atoms with van der Waals surface area (Å²) < 4.78 is 10.8. The van der Waals surface area contributed by atoms with Gasteiger partial charge in [-0.2, -0.15) is 0 Å². The van der Waals surface area contributed by atoms with Crippen LogP contribution in [0.1, 0.15) is 32.3 Å². The number of amides is 2. The van der Waals surface area contributed by atoms with Crippen molar-refractivity contribution in [2.75, 3.05) is 20.8 Å². The van der Waals surface area contributed by atoms with Crippen LogP contribution in [0.4, 0.5) is 0 Å². The van der Waals surface area contributed by atoms with Gasteiger partial charge in [0.05, 0.1) is 19.1 Å². The predicted octanol–water partition coefficient (Wildman–Crippen LogP) is 2.91. The summed E-state index contributed by atoms with van der Waals surface area (Å²) in [7, 11) is 3.07. The van der Waals surface area contributed by atoms with Crippen molar-refractivity contribution in [2.45, 2.75) is 32.7 Å². The minimum Gasteiger partial charge on any atom is -0.493 e. The van der Waals surface area contributed by atoms with E-state index in [1.807, 2.05) is 6.92 Å². The molecular formula is C21H26N2O6S2. The van der Waals surface area contributed by atoms with Crippen molar-refractivity contribution in [3.8, 4) is 11.5 Å². The van der Waals surface area contributed by atoms with Crippen molar-refractivity contribution in [1.82, 2.24) is 10.2 Å². The fourth-order valence-electron chi connectivity index (χ4n) is 2.93. The first-order valence-electron chi connectivity index (χ1n) is 9.71. The van der Waals surface area contributed by atoms with E-state index < -0.39 is 17.9 Å². The number of benzene rings is 1. The number of thioether (sulfide) groups is 1. The molecule has 1 saturated heterocycles. The average molecular weight is 467 g/mol. The summed E-state index contributed by atoms with van der Waals surface area (Å²) in [5.41, 5.74) is 0.744. The Kier molecular flexibility index (Phi) is 8.88. The molecule has 0 aliphatic carbocycles. The number of carbonyl (C=O) groups excluding carboxylic acids is 2. The number of carboxylic acid groups (broad SMARTS) is 1. The van der Waals surface area contributed by atoms with Crippen LogP contribution in [0.2, 0.25) is 0 Å². The molecule has 2 atom stereocenters. The van der Waals surface area contributed by atoms with Crippen molar-refractivity contribution in [3.63, 3.8) is 0 Å². The molecule has 0 bridgehead atoms. The highest BCUT2D eigenvalue weighted by atomic mass is 32.2. The quantitative estimate of drug-likeness (QED) is 0.401. The first-order chi connectivity index (χ1) is 14.7. The molecule has 1 heterocycles. The van der Waals surface area contributed by atoms with E-state index in [0.29, 0.717) is 27.1 Å². The Labute approximate surface area is 191 Å². The molecule has 0 unspecified atom stereocenters. The summed E-state index contributed by atoms with van der Waals surface area (Å²) in [6.07, 6.45) is 2.27. The fourth-order valence-corrected chi connectivity index (χ4v) is 4.24. The van der Waals surface area contributed by atoms with Gasteiger partial charge >= 0.3 is 5.97 Å². The third kappa shape index (κ3) is 6.20. The number of thiocarbonyl (C=S) groups is 1. The summed E-state index contributed by atoms with van der Waals surface area (Å²) in [5, 5.41) is 11.8. The van der Waals surface area contributed by atoms with Crippen molar-refractivity contribution in [1.29, 1.82) is 0 Å². The van der Waals surface area contributed by atoms with Gasteiger partial charge in [0, 0.05) is 13.0 Å². The number of nitrogens with zero attached hydrogens (tertiary/aromatic N) is 1. The minimum absolute atomic E-state index is 0.0453. The standard InChI is InChI=1S/C21H26N2O6S2/c1-5-12(2)18(20(26)27)22-17(24)8-9-23-19(25)16(31-21(23)30)11-13-6-7-14(28-3)15(10-13)29-4/h6-7,10-12,18H,5,8-9H2,1-4H3,(H,22,24)(H,26,27)/b16-11+/t12-,18+/m0/s1. The number of nitrogens with one attached hydrogen (secondary N) is 1. The Morgan fingerprint density at radius 3 is 2.55 bits per heavy atom. The Bertz CT molecular complexity index is 902. The second-order valence-corrected chi connectivity index (χ2v) is 8.64. The molecule has 2 rings (SSSR count). The zero-order valence-electron chi connectivity index (χ0n) is 17.8. The lowest BCUT2D eigenvalue weighted by Crippen LogP contribution is -2.46. The van der Waals surface area contributed by atoms with Gasteiger partial charge in [-0.1, -0.05) is 50.3 Å². The van der Waals surface area contributed by atoms with Gasteiger partial charge in [-0.25, -0.2) is 4.79 Å². The Morgan fingerprint density at radius 1 is 1.29 bits per heavy atom. The molecule has 1 aromatic rings. The van der Waals surface area contributed by atoms with Crippen molar-refractivity contribution < 1.29 is 29.0 Å². The number of methoxy groups -OCH3 is 2. The number of hydrogen-bond donors (Lipinski definition) is 2. The molecule has 8 nitrogen and oxygen atoms in total. The highest BCUT2D eigenvalue weighted by molar-refractivity contribution is 8.26. The van der Waals surface area contributed by atoms with Crippen LogP contribution in [0.3, 0.4) is 0 Å². The maximum Gasteiger partial charge on any atom is 0.326 e. The lowest BCUT2D eigenvalue weighted by molar-refractivity contribution is -0.143. The molecule has 1 fully saturated rings. The molecule has 1 aromatic carbocycles. The molecule has 2 amide bonds. The summed E-state index contributed by atoms with van der Waals surface area (Å²) in [6.45, 7) is 3.70. The van der Waals surface area contributed by atoms with Crippen LogP contribution < -0.4 is 14.8 Å². The monoisotopic (exact) mass is 466 g/mol. The normalized spacial score (nSPS) is 16.9. The minimum atomic E-state index is -1.08. The van der Waals surface area contributed by atoms with Gasteiger partial charge in [-0.15, -0.1) is 0 Å². The Balaban J connectivity index is 2.04. The zero-order valence-corrected chi connectivity index (χ0v) is 19.5. The Hall–Kier alpha value is -2.59. The van der Waals surface area contributed by atoms with E-state index >= 15 is 0 Å². The lowest BCUT2D eigenvalue weighted by Gasteiger charge is -2.21. The van der Waals surface area contributed by atoms with Gasteiger partial charge in [0.1, 0.15) is 10.4 Å². The molecule has 31 heavy (non-hydrogen) atoms. The predicted molar refractivity (Wildman–Crippen MR) is 123 cm³/mol. The number of aliphatic carboxylic acids is 1. The summed E-state index contributed by atoms with van der Waals surface area (Å²) in [5.74, 6) is -0.901. The van der Waals surface area contributed by atoms with Crippen molar-refractivity contribution in [2.24, 2.45) is 5.92 Å². The Morgan fingerprint density at radius 2 is 1.97 bits per heavy atom. The molecule has 0 spiro atoms. The summed E-state index contributed by atoms with van der Waals surface area (Å²) in [4.78, 5) is 38.2. The topological polar surface area (TPSA) is 105 Å². The number of rotatable bonds is 10. The molecule has 0 aromatic heterocycles. The SMILES string of the molecule is CC[C@H](C)[C@@H](NC(=O)CCN1C(=O)/C(=C\c2ccc(OC)c(OC)c2)SC1=S)C(=O)O. The lowest BCUT2D eigenvalue weighted by atomic mass is 9.99. The van der Waals surface area contributed by atoms with Gasteiger partial charge in [0.15, 0.2) is 11.5 Å².